The fourth-order valence-electron chi connectivity index (χ4n) is 2.85. The Morgan fingerprint density at radius 2 is 1.74 bits per heavy atom. The third-order valence-corrected chi connectivity index (χ3v) is 4.39. The van der Waals surface area contributed by atoms with Crippen LogP contribution in [-0.4, -0.2) is 23.5 Å². The molecule has 0 saturated carbocycles. The fourth-order valence-corrected chi connectivity index (χ4v) is 2.85. The molecule has 0 atom stereocenters. The van der Waals surface area contributed by atoms with E-state index in [2.05, 4.69) is 31.1 Å². The molecular formula is C22H24N2O3. The number of aromatic amines is 1. The van der Waals surface area contributed by atoms with Crippen LogP contribution in [-0.2, 0) is 10.2 Å². The first kappa shape index (κ1) is 18.7. The summed E-state index contributed by atoms with van der Waals surface area (Å²) in [5, 5.41) is 3.74. The van der Waals surface area contributed by atoms with Gasteiger partial charge < -0.3 is 15.0 Å². The summed E-state index contributed by atoms with van der Waals surface area (Å²) >= 11 is 0. The number of amides is 1. The van der Waals surface area contributed by atoms with Gasteiger partial charge >= 0.3 is 5.97 Å². The normalized spacial score (nSPS) is 11.4. The molecule has 0 unspecified atom stereocenters. The van der Waals surface area contributed by atoms with E-state index in [1.807, 2.05) is 36.4 Å². The van der Waals surface area contributed by atoms with E-state index in [-0.39, 0.29) is 11.3 Å². The molecule has 27 heavy (non-hydrogen) atoms. The number of H-pyrrole nitrogens is 1. The van der Waals surface area contributed by atoms with Gasteiger partial charge in [-0.1, -0.05) is 32.9 Å². The summed E-state index contributed by atoms with van der Waals surface area (Å²) in [6, 6.07) is 14.8. The minimum atomic E-state index is -0.391. The van der Waals surface area contributed by atoms with Gasteiger partial charge in [0.2, 0.25) is 0 Å². The zero-order valence-corrected chi connectivity index (χ0v) is 16.1. The molecule has 0 bridgehead atoms. The molecule has 2 aromatic carbocycles. The van der Waals surface area contributed by atoms with E-state index in [0.29, 0.717) is 23.6 Å². The molecule has 1 heterocycles. The molecule has 0 aliphatic rings. The second-order valence-corrected chi connectivity index (χ2v) is 7.49. The van der Waals surface area contributed by atoms with E-state index < -0.39 is 5.97 Å². The first-order valence-electron chi connectivity index (χ1n) is 8.99. The molecule has 140 valence electrons. The van der Waals surface area contributed by atoms with Crippen LogP contribution in [0.2, 0.25) is 0 Å². The number of nitrogens with one attached hydrogen (secondary N) is 2. The molecule has 1 amide bonds. The maximum absolute atomic E-state index is 12.5. The van der Waals surface area contributed by atoms with Crippen LogP contribution in [0.15, 0.2) is 48.5 Å². The van der Waals surface area contributed by atoms with Gasteiger partial charge in [0.05, 0.1) is 6.61 Å². The van der Waals surface area contributed by atoms with Crippen molar-refractivity contribution in [3.63, 3.8) is 0 Å². The zero-order chi connectivity index (χ0) is 19.6. The number of fused-ring (bicyclic) bond motifs is 1. The molecule has 1 aromatic heterocycles. The number of ether oxygens (including phenoxy) is 1. The van der Waals surface area contributed by atoms with E-state index in [1.54, 1.807) is 19.1 Å². The maximum Gasteiger partial charge on any atom is 0.354 e. The molecule has 0 radical (unpaired) electrons. The highest BCUT2D eigenvalue weighted by Crippen LogP contribution is 2.23. The van der Waals surface area contributed by atoms with Gasteiger partial charge in [0.1, 0.15) is 5.69 Å². The van der Waals surface area contributed by atoms with Crippen molar-refractivity contribution in [2.24, 2.45) is 0 Å². The highest BCUT2D eigenvalue weighted by atomic mass is 16.5. The number of carbonyl (C=O) groups excluding carboxylic acids is 2. The zero-order valence-electron chi connectivity index (χ0n) is 16.1. The first-order valence-corrected chi connectivity index (χ1v) is 8.99. The van der Waals surface area contributed by atoms with Crippen LogP contribution in [0.25, 0.3) is 10.9 Å². The van der Waals surface area contributed by atoms with Crippen molar-refractivity contribution in [1.29, 1.82) is 0 Å². The minimum Gasteiger partial charge on any atom is -0.461 e. The van der Waals surface area contributed by atoms with Crippen molar-refractivity contribution in [3.05, 3.63) is 65.4 Å². The molecule has 2 N–H and O–H groups in total. The van der Waals surface area contributed by atoms with Gasteiger partial charge in [-0.3, -0.25) is 4.79 Å². The highest BCUT2D eigenvalue weighted by Gasteiger charge is 2.15. The van der Waals surface area contributed by atoms with Crippen molar-refractivity contribution in [1.82, 2.24) is 4.98 Å². The smallest absolute Gasteiger partial charge is 0.354 e. The Bertz CT molecular complexity index is 979. The Labute approximate surface area is 158 Å². The number of rotatable bonds is 4. The topological polar surface area (TPSA) is 71.2 Å². The Kier molecular flexibility index (Phi) is 5.04. The predicted molar refractivity (Wildman–Crippen MR) is 107 cm³/mol. The number of esters is 1. The lowest BCUT2D eigenvalue weighted by Crippen LogP contribution is -2.14. The Balaban J connectivity index is 1.77. The third kappa shape index (κ3) is 4.19. The van der Waals surface area contributed by atoms with Gasteiger partial charge in [-0.15, -0.1) is 0 Å². The lowest BCUT2D eigenvalue weighted by atomic mass is 9.87. The van der Waals surface area contributed by atoms with Crippen LogP contribution < -0.4 is 5.32 Å². The number of benzene rings is 2. The van der Waals surface area contributed by atoms with E-state index in [1.165, 1.54) is 5.56 Å². The Morgan fingerprint density at radius 1 is 1.04 bits per heavy atom. The van der Waals surface area contributed by atoms with Gasteiger partial charge in [-0.25, -0.2) is 4.79 Å². The molecule has 3 aromatic rings. The van der Waals surface area contributed by atoms with Crippen LogP contribution >= 0.6 is 0 Å². The molecular weight excluding hydrogens is 340 g/mol. The summed E-state index contributed by atoms with van der Waals surface area (Å²) in [7, 11) is 0. The minimum absolute atomic E-state index is 0.0466. The number of hydrogen-bond donors (Lipinski definition) is 2. The molecule has 0 aliphatic heterocycles. The molecule has 3 rings (SSSR count). The van der Waals surface area contributed by atoms with Crippen LogP contribution in [0.5, 0.6) is 0 Å². The fraction of sp³-hybridized carbons (Fsp3) is 0.273. The molecule has 0 saturated heterocycles. The summed E-state index contributed by atoms with van der Waals surface area (Å²) in [5.74, 6) is -0.561. The van der Waals surface area contributed by atoms with Gasteiger partial charge in [0.25, 0.3) is 5.91 Å². The monoisotopic (exact) mass is 364 g/mol. The molecule has 5 heteroatoms. The Hall–Kier alpha value is -3.08. The van der Waals surface area contributed by atoms with Crippen molar-refractivity contribution in [3.8, 4) is 0 Å². The van der Waals surface area contributed by atoms with E-state index in [0.717, 1.165) is 10.9 Å². The number of aromatic nitrogens is 1. The molecule has 5 nitrogen and oxygen atoms in total. The summed E-state index contributed by atoms with van der Waals surface area (Å²) in [6.45, 7) is 8.50. The molecule has 0 aliphatic carbocycles. The molecule has 0 fully saturated rings. The van der Waals surface area contributed by atoms with E-state index in [4.69, 9.17) is 4.74 Å². The van der Waals surface area contributed by atoms with Crippen LogP contribution in [0, 0.1) is 0 Å². The van der Waals surface area contributed by atoms with Gasteiger partial charge in [0, 0.05) is 22.2 Å². The average Bonchev–Trinajstić information content (AvgIpc) is 3.05. The SMILES string of the molecule is CCOC(=O)c1cc2cc(NC(=O)c3ccc(C(C)(C)C)cc3)ccc2[nH]1. The second-order valence-electron chi connectivity index (χ2n) is 7.49. The van der Waals surface area contributed by atoms with Gasteiger partial charge in [0.15, 0.2) is 0 Å². The van der Waals surface area contributed by atoms with Gasteiger partial charge in [-0.05, 0) is 54.3 Å². The van der Waals surface area contributed by atoms with Crippen LogP contribution in [0.3, 0.4) is 0 Å². The maximum atomic E-state index is 12.5. The van der Waals surface area contributed by atoms with Crippen molar-refractivity contribution in [2.45, 2.75) is 33.1 Å². The second kappa shape index (κ2) is 7.27. The van der Waals surface area contributed by atoms with Crippen molar-refractivity contribution >= 4 is 28.5 Å². The number of hydrogen-bond acceptors (Lipinski definition) is 3. The predicted octanol–water partition coefficient (Wildman–Crippen LogP) is 4.89. The van der Waals surface area contributed by atoms with Gasteiger partial charge in [-0.2, -0.15) is 0 Å². The summed E-state index contributed by atoms with van der Waals surface area (Å²) < 4.78 is 5.00. The summed E-state index contributed by atoms with van der Waals surface area (Å²) in [6.07, 6.45) is 0. The molecule has 0 spiro atoms. The number of anilines is 1. The standard InChI is InChI=1S/C22H24N2O3/c1-5-27-21(26)19-13-15-12-17(10-11-18(15)24-19)23-20(25)14-6-8-16(9-7-14)22(2,3)4/h6-13,24H,5H2,1-4H3,(H,23,25). The van der Waals surface area contributed by atoms with Crippen LogP contribution in [0.4, 0.5) is 5.69 Å². The number of carbonyl (C=O) groups is 2. The Morgan fingerprint density at radius 3 is 2.37 bits per heavy atom. The quantitative estimate of drug-likeness (QED) is 0.647. The van der Waals surface area contributed by atoms with E-state index in [9.17, 15) is 9.59 Å². The van der Waals surface area contributed by atoms with Crippen molar-refractivity contribution < 1.29 is 14.3 Å². The lowest BCUT2D eigenvalue weighted by Gasteiger charge is -2.19. The van der Waals surface area contributed by atoms with E-state index >= 15 is 0 Å². The highest BCUT2D eigenvalue weighted by molar-refractivity contribution is 6.05. The average molecular weight is 364 g/mol. The summed E-state index contributed by atoms with van der Waals surface area (Å²) in [4.78, 5) is 27.4. The summed E-state index contributed by atoms with van der Waals surface area (Å²) in [5.41, 5.74) is 3.70. The van der Waals surface area contributed by atoms with Crippen molar-refractivity contribution in [2.75, 3.05) is 11.9 Å². The lowest BCUT2D eigenvalue weighted by molar-refractivity contribution is 0.0520. The largest absolute Gasteiger partial charge is 0.461 e. The third-order valence-electron chi connectivity index (χ3n) is 4.39. The first-order chi connectivity index (χ1) is 12.8. The van der Waals surface area contributed by atoms with Crippen LogP contribution in [0.1, 0.15) is 54.1 Å².